The first-order valence-electron chi connectivity index (χ1n) is 11.5. The van der Waals surface area contributed by atoms with Crippen molar-refractivity contribution < 1.29 is 9.53 Å². The zero-order valence-electron chi connectivity index (χ0n) is 18.6. The number of nitrogens with zero attached hydrogens (tertiary/aromatic N) is 2. The molecule has 1 fully saturated rings. The third-order valence-corrected chi connectivity index (χ3v) is 6.14. The standard InChI is InChI=1S/C27H28N4O2/c32-27(28-13-4-14-31-15-17-33-18-16-31)22-11-9-21(10-12-22)25-19-26(30-29-25)24-8-3-6-20-5-1-2-7-23(20)24/h1-3,5-12,19H,4,13-18H2,(H,28,32)(H,29,30). The van der Waals surface area contributed by atoms with Crippen LogP contribution in [0.4, 0.5) is 0 Å². The molecule has 33 heavy (non-hydrogen) atoms. The number of rotatable bonds is 7. The lowest BCUT2D eigenvalue weighted by Gasteiger charge is -2.26. The van der Waals surface area contributed by atoms with E-state index in [-0.39, 0.29) is 5.91 Å². The fourth-order valence-corrected chi connectivity index (χ4v) is 4.29. The number of ether oxygens (including phenoxy) is 1. The largest absolute Gasteiger partial charge is 0.379 e. The van der Waals surface area contributed by atoms with E-state index in [1.165, 1.54) is 10.8 Å². The second kappa shape index (κ2) is 9.98. The van der Waals surface area contributed by atoms with E-state index in [0.29, 0.717) is 12.1 Å². The number of benzene rings is 3. The third-order valence-electron chi connectivity index (χ3n) is 6.14. The zero-order valence-corrected chi connectivity index (χ0v) is 18.6. The summed E-state index contributed by atoms with van der Waals surface area (Å²) in [6.07, 6.45) is 0.939. The summed E-state index contributed by atoms with van der Waals surface area (Å²) in [5.74, 6) is -0.0398. The van der Waals surface area contributed by atoms with Gasteiger partial charge >= 0.3 is 0 Å². The van der Waals surface area contributed by atoms with Crippen molar-refractivity contribution in [3.63, 3.8) is 0 Å². The Balaban J connectivity index is 1.21. The number of aromatic amines is 1. The van der Waals surface area contributed by atoms with Crippen LogP contribution in [0, 0.1) is 0 Å². The van der Waals surface area contributed by atoms with Crippen molar-refractivity contribution in [2.45, 2.75) is 6.42 Å². The fourth-order valence-electron chi connectivity index (χ4n) is 4.29. The summed E-state index contributed by atoms with van der Waals surface area (Å²) in [6, 6.07) is 24.3. The Morgan fingerprint density at radius 2 is 1.79 bits per heavy atom. The highest BCUT2D eigenvalue weighted by Gasteiger charge is 2.12. The molecule has 0 radical (unpaired) electrons. The summed E-state index contributed by atoms with van der Waals surface area (Å²) < 4.78 is 5.37. The monoisotopic (exact) mass is 440 g/mol. The van der Waals surface area contributed by atoms with Gasteiger partial charge in [-0.1, -0.05) is 54.6 Å². The van der Waals surface area contributed by atoms with Gasteiger partial charge < -0.3 is 10.1 Å². The van der Waals surface area contributed by atoms with E-state index in [0.717, 1.165) is 61.8 Å². The molecule has 3 aromatic carbocycles. The number of aromatic nitrogens is 2. The van der Waals surface area contributed by atoms with Crippen molar-refractivity contribution >= 4 is 16.7 Å². The molecule has 1 amide bonds. The van der Waals surface area contributed by atoms with E-state index in [9.17, 15) is 4.79 Å². The molecule has 0 atom stereocenters. The molecule has 0 saturated carbocycles. The quantitative estimate of drug-likeness (QED) is 0.419. The van der Waals surface area contributed by atoms with E-state index in [4.69, 9.17) is 4.74 Å². The SMILES string of the molecule is O=C(NCCCN1CCOCC1)c1ccc(-c2cc(-c3cccc4ccccc34)[nH]n2)cc1. The Morgan fingerprint density at radius 3 is 2.64 bits per heavy atom. The van der Waals surface area contributed by atoms with Crippen LogP contribution in [0.1, 0.15) is 16.8 Å². The zero-order chi connectivity index (χ0) is 22.5. The number of fused-ring (bicyclic) bond motifs is 1. The van der Waals surface area contributed by atoms with Gasteiger partial charge in [-0.05, 0) is 41.9 Å². The van der Waals surface area contributed by atoms with Gasteiger partial charge in [-0.2, -0.15) is 5.10 Å². The number of hydrogen-bond acceptors (Lipinski definition) is 4. The average molecular weight is 441 g/mol. The Bertz CT molecular complexity index is 1220. The lowest BCUT2D eigenvalue weighted by Crippen LogP contribution is -2.38. The predicted octanol–water partition coefficient (Wildman–Crippen LogP) is 4.35. The van der Waals surface area contributed by atoms with Crippen LogP contribution in [-0.2, 0) is 4.74 Å². The number of carbonyl (C=O) groups excluding carboxylic acids is 1. The summed E-state index contributed by atoms with van der Waals surface area (Å²) in [5, 5.41) is 13.1. The Morgan fingerprint density at radius 1 is 1.00 bits per heavy atom. The van der Waals surface area contributed by atoms with Gasteiger partial charge in [0.1, 0.15) is 0 Å². The fraction of sp³-hybridized carbons (Fsp3) is 0.259. The molecular weight excluding hydrogens is 412 g/mol. The minimum absolute atomic E-state index is 0.0398. The number of nitrogens with one attached hydrogen (secondary N) is 2. The summed E-state index contributed by atoms with van der Waals surface area (Å²) in [6.45, 7) is 5.22. The molecule has 0 aliphatic carbocycles. The summed E-state index contributed by atoms with van der Waals surface area (Å²) >= 11 is 0. The molecule has 5 rings (SSSR count). The Kier molecular flexibility index (Phi) is 6.46. The molecule has 6 heteroatoms. The van der Waals surface area contributed by atoms with Gasteiger partial charge in [0.2, 0.25) is 0 Å². The van der Waals surface area contributed by atoms with Gasteiger partial charge in [-0.3, -0.25) is 14.8 Å². The van der Waals surface area contributed by atoms with E-state index >= 15 is 0 Å². The first-order valence-corrected chi connectivity index (χ1v) is 11.5. The molecule has 0 unspecified atom stereocenters. The lowest BCUT2D eigenvalue weighted by molar-refractivity contribution is 0.0374. The van der Waals surface area contributed by atoms with Crippen molar-refractivity contribution in [3.8, 4) is 22.5 Å². The van der Waals surface area contributed by atoms with Gasteiger partial charge in [0, 0.05) is 36.3 Å². The lowest BCUT2D eigenvalue weighted by atomic mass is 10.0. The normalized spacial score (nSPS) is 14.4. The average Bonchev–Trinajstić information content (AvgIpc) is 3.37. The van der Waals surface area contributed by atoms with Gasteiger partial charge in [0.25, 0.3) is 5.91 Å². The molecule has 6 nitrogen and oxygen atoms in total. The highest BCUT2D eigenvalue weighted by atomic mass is 16.5. The van der Waals surface area contributed by atoms with Crippen LogP contribution in [0.3, 0.4) is 0 Å². The molecule has 0 spiro atoms. The maximum Gasteiger partial charge on any atom is 0.251 e. The van der Waals surface area contributed by atoms with Crippen molar-refractivity contribution in [2.24, 2.45) is 0 Å². The minimum atomic E-state index is -0.0398. The number of amides is 1. The molecule has 168 valence electrons. The van der Waals surface area contributed by atoms with Crippen LogP contribution < -0.4 is 5.32 Å². The molecular formula is C27H28N4O2. The maximum absolute atomic E-state index is 12.5. The van der Waals surface area contributed by atoms with Crippen molar-refractivity contribution in [2.75, 3.05) is 39.4 Å². The van der Waals surface area contributed by atoms with Crippen LogP contribution >= 0.6 is 0 Å². The Hall–Kier alpha value is -3.48. The molecule has 1 aliphatic heterocycles. The van der Waals surface area contributed by atoms with E-state index in [1.54, 1.807) is 0 Å². The van der Waals surface area contributed by atoms with Crippen LogP contribution in [0.2, 0.25) is 0 Å². The van der Waals surface area contributed by atoms with Crippen LogP contribution in [0.5, 0.6) is 0 Å². The smallest absolute Gasteiger partial charge is 0.251 e. The summed E-state index contributed by atoms with van der Waals surface area (Å²) in [7, 11) is 0. The van der Waals surface area contributed by atoms with Gasteiger partial charge in [0.15, 0.2) is 0 Å². The third kappa shape index (κ3) is 4.97. The number of carbonyl (C=O) groups is 1. The van der Waals surface area contributed by atoms with Crippen molar-refractivity contribution in [1.29, 1.82) is 0 Å². The number of morpholine rings is 1. The summed E-state index contributed by atoms with van der Waals surface area (Å²) in [5.41, 5.74) is 4.59. The molecule has 1 saturated heterocycles. The van der Waals surface area contributed by atoms with Crippen LogP contribution in [-0.4, -0.2) is 60.4 Å². The summed E-state index contributed by atoms with van der Waals surface area (Å²) in [4.78, 5) is 14.9. The van der Waals surface area contributed by atoms with Crippen LogP contribution in [0.15, 0.2) is 72.8 Å². The molecule has 2 heterocycles. The molecule has 2 N–H and O–H groups in total. The topological polar surface area (TPSA) is 70.2 Å². The first-order chi connectivity index (χ1) is 16.3. The highest BCUT2D eigenvalue weighted by molar-refractivity contribution is 5.96. The van der Waals surface area contributed by atoms with Gasteiger partial charge in [-0.15, -0.1) is 0 Å². The van der Waals surface area contributed by atoms with Crippen LogP contribution in [0.25, 0.3) is 33.3 Å². The van der Waals surface area contributed by atoms with Crippen molar-refractivity contribution in [3.05, 3.63) is 78.4 Å². The second-order valence-corrected chi connectivity index (χ2v) is 8.33. The second-order valence-electron chi connectivity index (χ2n) is 8.33. The molecule has 1 aliphatic rings. The maximum atomic E-state index is 12.5. The highest BCUT2D eigenvalue weighted by Crippen LogP contribution is 2.29. The Labute approximate surface area is 193 Å². The van der Waals surface area contributed by atoms with Crippen molar-refractivity contribution in [1.82, 2.24) is 20.4 Å². The van der Waals surface area contributed by atoms with E-state index in [2.05, 4.69) is 62.9 Å². The molecule has 1 aromatic heterocycles. The van der Waals surface area contributed by atoms with Gasteiger partial charge in [-0.25, -0.2) is 0 Å². The van der Waals surface area contributed by atoms with E-state index < -0.39 is 0 Å². The molecule has 0 bridgehead atoms. The minimum Gasteiger partial charge on any atom is -0.379 e. The number of hydrogen-bond donors (Lipinski definition) is 2. The number of H-pyrrole nitrogens is 1. The first kappa shape index (κ1) is 21.4. The van der Waals surface area contributed by atoms with Gasteiger partial charge in [0.05, 0.1) is 24.6 Å². The predicted molar refractivity (Wildman–Crippen MR) is 131 cm³/mol. The molecule has 4 aromatic rings. The van der Waals surface area contributed by atoms with E-state index in [1.807, 2.05) is 30.3 Å².